The number of hydrogen-bond acceptors (Lipinski definition) is 3. The van der Waals surface area contributed by atoms with Gasteiger partial charge in [0, 0.05) is 44.6 Å². The Labute approximate surface area is 182 Å². The van der Waals surface area contributed by atoms with E-state index in [0.29, 0.717) is 0 Å². The van der Waals surface area contributed by atoms with E-state index in [2.05, 4.69) is 39.2 Å². The molecule has 0 aliphatic carbocycles. The van der Waals surface area contributed by atoms with Gasteiger partial charge in [-0.15, -0.1) is 24.0 Å². The fraction of sp³-hybridized carbons (Fsp3) is 0.714. The number of nitrogens with one attached hydrogen (secondary N) is 1. The minimum Gasteiger partial charge on any atom is -0.357 e. The third-order valence-electron chi connectivity index (χ3n) is 5.52. The van der Waals surface area contributed by atoms with Gasteiger partial charge >= 0.3 is 0 Å². The molecule has 0 saturated carbocycles. The van der Waals surface area contributed by atoms with Crippen molar-refractivity contribution in [3.8, 4) is 0 Å². The van der Waals surface area contributed by atoms with Crippen LogP contribution in [0.4, 0.5) is 0 Å². The SMILES string of the molecule is CCNC(=NCCc1ccc(C)nc1)N1CCC(CN2CCCCC2)C1.I. The van der Waals surface area contributed by atoms with Crippen LogP contribution in [-0.2, 0) is 6.42 Å². The van der Waals surface area contributed by atoms with Crippen molar-refractivity contribution in [2.45, 2.75) is 46.0 Å². The van der Waals surface area contributed by atoms with E-state index in [4.69, 9.17) is 4.99 Å². The number of hydrogen-bond donors (Lipinski definition) is 1. The van der Waals surface area contributed by atoms with E-state index in [1.165, 1.54) is 50.9 Å². The Kier molecular flexibility index (Phi) is 9.82. The Balaban J connectivity index is 0.00000261. The highest BCUT2D eigenvalue weighted by atomic mass is 127. The van der Waals surface area contributed by atoms with Gasteiger partial charge in [-0.1, -0.05) is 12.5 Å². The number of piperidine rings is 1. The van der Waals surface area contributed by atoms with Crippen molar-refractivity contribution in [1.29, 1.82) is 0 Å². The summed E-state index contributed by atoms with van der Waals surface area (Å²) >= 11 is 0. The first-order valence-corrected chi connectivity index (χ1v) is 10.4. The van der Waals surface area contributed by atoms with Crippen LogP contribution in [0.2, 0.25) is 0 Å². The highest BCUT2D eigenvalue weighted by Crippen LogP contribution is 2.20. The van der Waals surface area contributed by atoms with E-state index >= 15 is 0 Å². The second-order valence-corrected chi connectivity index (χ2v) is 7.76. The van der Waals surface area contributed by atoms with Crippen LogP contribution in [-0.4, -0.2) is 66.6 Å². The van der Waals surface area contributed by atoms with Gasteiger partial charge in [0.1, 0.15) is 0 Å². The van der Waals surface area contributed by atoms with Crippen LogP contribution in [0.3, 0.4) is 0 Å². The van der Waals surface area contributed by atoms with E-state index in [9.17, 15) is 0 Å². The van der Waals surface area contributed by atoms with Gasteiger partial charge in [-0.25, -0.2) is 0 Å². The summed E-state index contributed by atoms with van der Waals surface area (Å²) in [7, 11) is 0. The molecular formula is C21H36IN5. The zero-order valence-corrected chi connectivity index (χ0v) is 19.3. The average molecular weight is 485 g/mol. The molecule has 6 heteroatoms. The number of halogens is 1. The topological polar surface area (TPSA) is 43.8 Å². The fourth-order valence-electron chi connectivity index (χ4n) is 4.04. The number of guanidine groups is 1. The van der Waals surface area contributed by atoms with E-state index in [0.717, 1.165) is 50.2 Å². The summed E-state index contributed by atoms with van der Waals surface area (Å²) in [4.78, 5) is 14.4. The molecular weight excluding hydrogens is 449 g/mol. The second kappa shape index (κ2) is 11.8. The van der Waals surface area contributed by atoms with E-state index in [-0.39, 0.29) is 24.0 Å². The minimum absolute atomic E-state index is 0. The molecule has 3 rings (SSSR count). The number of rotatable bonds is 6. The molecule has 5 nitrogen and oxygen atoms in total. The van der Waals surface area contributed by atoms with Gasteiger partial charge in [0.25, 0.3) is 0 Å². The normalized spacial score (nSPS) is 21.2. The molecule has 0 bridgehead atoms. The summed E-state index contributed by atoms with van der Waals surface area (Å²) in [6, 6.07) is 4.24. The van der Waals surface area contributed by atoms with Crippen LogP contribution in [0.1, 0.15) is 43.9 Å². The molecule has 0 radical (unpaired) electrons. The van der Waals surface area contributed by atoms with Gasteiger partial charge in [-0.2, -0.15) is 0 Å². The largest absolute Gasteiger partial charge is 0.357 e. The van der Waals surface area contributed by atoms with Gasteiger partial charge < -0.3 is 15.1 Å². The monoisotopic (exact) mass is 485 g/mol. The highest BCUT2D eigenvalue weighted by molar-refractivity contribution is 14.0. The van der Waals surface area contributed by atoms with Crippen molar-refractivity contribution >= 4 is 29.9 Å². The van der Waals surface area contributed by atoms with E-state index in [1.807, 2.05) is 13.1 Å². The molecule has 0 amide bonds. The Morgan fingerprint density at radius 2 is 2.04 bits per heavy atom. The van der Waals surface area contributed by atoms with Crippen LogP contribution >= 0.6 is 24.0 Å². The van der Waals surface area contributed by atoms with Crippen molar-refractivity contribution in [1.82, 2.24) is 20.1 Å². The molecule has 1 aromatic heterocycles. The maximum absolute atomic E-state index is 4.88. The molecule has 1 unspecified atom stereocenters. The Hall–Kier alpha value is -0.890. The van der Waals surface area contributed by atoms with E-state index in [1.54, 1.807) is 0 Å². The van der Waals surface area contributed by atoms with Crippen LogP contribution in [0.25, 0.3) is 0 Å². The van der Waals surface area contributed by atoms with Crippen molar-refractivity contribution in [2.75, 3.05) is 45.8 Å². The molecule has 2 aliphatic rings. The number of nitrogens with zero attached hydrogens (tertiary/aromatic N) is 4. The molecule has 1 aromatic rings. The molecule has 2 aliphatic heterocycles. The Morgan fingerprint density at radius 1 is 1.22 bits per heavy atom. The van der Waals surface area contributed by atoms with Crippen molar-refractivity contribution in [3.63, 3.8) is 0 Å². The predicted molar refractivity (Wildman–Crippen MR) is 124 cm³/mol. The molecule has 0 aromatic carbocycles. The molecule has 1 N–H and O–H groups in total. The van der Waals surface area contributed by atoms with E-state index < -0.39 is 0 Å². The lowest BCUT2D eigenvalue weighted by atomic mass is 10.1. The number of aromatic nitrogens is 1. The number of aliphatic imine (C=N–C) groups is 1. The number of pyridine rings is 1. The van der Waals surface area contributed by atoms with Crippen molar-refractivity contribution in [3.05, 3.63) is 29.6 Å². The maximum Gasteiger partial charge on any atom is 0.193 e. The first-order valence-electron chi connectivity index (χ1n) is 10.4. The van der Waals surface area contributed by atoms with Crippen LogP contribution in [0, 0.1) is 12.8 Å². The predicted octanol–water partition coefficient (Wildman–Crippen LogP) is 3.32. The van der Waals surface area contributed by atoms with Gasteiger partial charge in [-0.05, 0) is 70.2 Å². The van der Waals surface area contributed by atoms with Crippen LogP contribution in [0.5, 0.6) is 0 Å². The molecule has 3 heterocycles. The number of aryl methyl sites for hydroxylation is 1. The van der Waals surface area contributed by atoms with Crippen LogP contribution in [0.15, 0.2) is 23.3 Å². The standard InChI is InChI=1S/C21H35N5.HI/c1-3-22-21(23-11-9-19-8-7-18(2)24-15-19)26-14-10-20(17-26)16-25-12-5-4-6-13-25;/h7-8,15,20H,3-6,9-14,16-17H2,1-2H3,(H,22,23);1H. The Bertz CT molecular complexity index is 568. The fourth-order valence-corrected chi connectivity index (χ4v) is 4.04. The lowest BCUT2D eigenvalue weighted by Gasteiger charge is -2.29. The zero-order chi connectivity index (χ0) is 18.2. The molecule has 1 atom stereocenters. The summed E-state index contributed by atoms with van der Waals surface area (Å²) in [6.07, 6.45) is 8.40. The Morgan fingerprint density at radius 3 is 2.74 bits per heavy atom. The summed E-state index contributed by atoms with van der Waals surface area (Å²) in [6.45, 7) is 12.1. The summed E-state index contributed by atoms with van der Waals surface area (Å²) < 4.78 is 0. The quantitative estimate of drug-likeness (QED) is 0.382. The van der Waals surface area contributed by atoms with Gasteiger partial charge in [0.05, 0.1) is 0 Å². The zero-order valence-electron chi connectivity index (χ0n) is 17.0. The molecule has 2 saturated heterocycles. The smallest absolute Gasteiger partial charge is 0.193 e. The summed E-state index contributed by atoms with van der Waals surface area (Å²) in [5, 5.41) is 3.49. The number of likely N-dealkylation sites (tertiary alicyclic amines) is 2. The second-order valence-electron chi connectivity index (χ2n) is 7.76. The summed E-state index contributed by atoms with van der Waals surface area (Å²) in [5.74, 6) is 1.88. The van der Waals surface area contributed by atoms with Gasteiger partial charge in [-0.3, -0.25) is 9.98 Å². The van der Waals surface area contributed by atoms with Crippen molar-refractivity contribution in [2.24, 2.45) is 10.9 Å². The first-order chi connectivity index (χ1) is 12.7. The minimum atomic E-state index is 0. The molecule has 2 fully saturated rings. The molecule has 152 valence electrons. The van der Waals surface area contributed by atoms with Crippen LogP contribution < -0.4 is 5.32 Å². The third kappa shape index (κ3) is 7.22. The van der Waals surface area contributed by atoms with Gasteiger partial charge in [0.2, 0.25) is 0 Å². The van der Waals surface area contributed by atoms with Gasteiger partial charge in [0.15, 0.2) is 5.96 Å². The lowest BCUT2D eigenvalue weighted by molar-refractivity contribution is 0.198. The molecule has 27 heavy (non-hydrogen) atoms. The lowest BCUT2D eigenvalue weighted by Crippen LogP contribution is -2.41. The third-order valence-corrected chi connectivity index (χ3v) is 5.52. The maximum atomic E-state index is 4.88. The average Bonchev–Trinajstić information content (AvgIpc) is 3.12. The molecule has 0 spiro atoms. The first kappa shape index (κ1) is 22.4. The van der Waals surface area contributed by atoms with Crippen molar-refractivity contribution < 1.29 is 0 Å². The highest BCUT2D eigenvalue weighted by Gasteiger charge is 2.26. The summed E-state index contributed by atoms with van der Waals surface area (Å²) in [5.41, 5.74) is 2.34.